The number of anilines is 1. The molecule has 2 aromatic rings. The van der Waals surface area contributed by atoms with Crippen molar-refractivity contribution in [1.82, 2.24) is 4.90 Å². The van der Waals surface area contributed by atoms with E-state index in [9.17, 15) is 4.79 Å². The van der Waals surface area contributed by atoms with Crippen LogP contribution < -0.4 is 11.1 Å². The summed E-state index contributed by atoms with van der Waals surface area (Å²) in [5.74, 6) is -0.232. The van der Waals surface area contributed by atoms with Crippen molar-refractivity contribution in [3.05, 3.63) is 77.5 Å². The fourth-order valence-corrected chi connectivity index (χ4v) is 3.54. The molecule has 2 aliphatic heterocycles. The molecule has 8 nitrogen and oxygen atoms in total. The number of benzodiazepines with no additional fused rings is 1. The van der Waals surface area contributed by atoms with Gasteiger partial charge in [-0.3, -0.25) is 4.79 Å². The zero-order valence-electron chi connectivity index (χ0n) is 19.0. The van der Waals surface area contributed by atoms with E-state index in [1.807, 2.05) is 73.3 Å². The fraction of sp³-hybridized carbons (Fsp3) is 0.280. The molecule has 4 N–H and O–H groups in total. The molecule has 0 radical (unpaired) electrons. The lowest BCUT2D eigenvalue weighted by Gasteiger charge is -2.29. The molecule has 4 rings (SSSR count). The van der Waals surface area contributed by atoms with Gasteiger partial charge in [0, 0.05) is 36.5 Å². The predicted octanol–water partition coefficient (Wildman–Crippen LogP) is 3.05. The van der Waals surface area contributed by atoms with Crippen molar-refractivity contribution in [3.8, 4) is 0 Å². The van der Waals surface area contributed by atoms with Gasteiger partial charge < -0.3 is 26.1 Å². The van der Waals surface area contributed by atoms with Gasteiger partial charge in [-0.25, -0.2) is 9.98 Å². The van der Waals surface area contributed by atoms with E-state index in [1.165, 1.54) is 6.21 Å². The van der Waals surface area contributed by atoms with Crippen molar-refractivity contribution in [2.24, 2.45) is 15.7 Å². The molecule has 2 aromatic carbocycles. The third kappa shape index (κ3) is 5.93. The van der Waals surface area contributed by atoms with Gasteiger partial charge >= 0.3 is 0 Å². The second-order valence-electron chi connectivity index (χ2n) is 7.12. The minimum absolute atomic E-state index is 0.132. The number of ether oxygens (including phenoxy) is 1. The Balaban J connectivity index is 0.00000149. The predicted molar refractivity (Wildman–Crippen MR) is 133 cm³/mol. The number of nitrogens with zero attached hydrogens (tertiary/aromatic N) is 3. The Kier molecular flexibility index (Phi) is 8.49. The smallest absolute Gasteiger partial charge is 0.271 e. The molecule has 0 aliphatic carbocycles. The molecule has 1 atom stereocenters. The van der Waals surface area contributed by atoms with E-state index in [2.05, 4.69) is 15.3 Å². The summed E-state index contributed by atoms with van der Waals surface area (Å²) in [5, 5.41) is 10.6. The number of rotatable bonds is 5. The third-order valence-corrected chi connectivity index (χ3v) is 5.06. The molecule has 1 saturated heterocycles. The molecular formula is C25H30N6O2. The van der Waals surface area contributed by atoms with Crippen LogP contribution in [0.1, 0.15) is 25.0 Å². The Labute approximate surface area is 194 Å². The van der Waals surface area contributed by atoms with E-state index in [4.69, 9.17) is 15.9 Å². The first kappa shape index (κ1) is 23.9. The topological polar surface area (TPSA) is 116 Å². The Morgan fingerprint density at radius 3 is 2.52 bits per heavy atom. The summed E-state index contributed by atoms with van der Waals surface area (Å²) in [6.45, 7) is 6.53. The van der Waals surface area contributed by atoms with Gasteiger partial charge in [0.15, 0.2) is 0 Å². The van der Waals surface area contributed by atoms with Crippen LogP contribution in [0.25, 0.3) is 0 Å². The van der Waals surface area contributed by atoms with Crippen molar-refractivity contribution in [2.75, 3.05) is 31.6 Å². The van der Waals surface area contributed by atoms with Crippen LogP contribution >= 0.6 is 0 Å². The molecule has 0 aromatic heterocycles. The number of carbonyl (C=O) groups is 1. The average Bonchev–Trinajstić information content (AvgIpc) is 3.01. The SMILES string of the molecule is CC.N=C/C(=C\C(N)=N\C1N=C(c2ccccc2)c2ccccc2NC1=O)N1CCOCC1. The van der Waals surface area contributed by atoms with Crippen molar-refractivity contribution in [3.63, 3.8) is 0 Å². The standard InChI is InChI=1S/C23H24N6O2.C2H6/c24-15-17(29-10-12-31-13-11-29)14-20(25)27-22-23(30)26-19-9-5-4-8-18(19)21(28-22)16-6-2-1-3-7-16;1-2/h1-9,14-15,22,24H,10-13H2,(H2,25,27)(H,26,30);1-2H3/b17-14+,24-15?;. The number of benzene rings is 2. The van der Waals surface area contributed by atoms with Gasteiger partial charge in [-0.2, -0.15) is 0 Å². The molecule has 0 spiro atoms. The van der Waals surface area contributed by atoms with Gasteiger partial charge in [-0.05, 0) is 6.07 Å². The molecule has 1 fully saturated rings. The number of hydrogen-bond acceptors (Lipinski definition) is 6. The number of allylic oxidation sites excluding steroid dienone is 1. The minimum Gasteiger partial charge on any atom is -0.384 e. The Hall–Kier alpha value is -3.78. The van der Waals surface area contributed by atoms with Gasteiger partial charge in [0.25, 0.3) is 5.91 Å². The molecule has 8 heteroatoms. The monoisotopic (exact) mass is 446 g/mol. The Bertz CT molecular complexity index is 1060. The summed E-state index contributed by atoms with van der Waals surface area (Å²) < 4.78 is 5.36. The van der Waals surface area contributed by atoms with Crippen LogP contribution in [0.15, 0.2) is 76.4 Å². The number of fused-ring (bicyclic) bond motifs is 1. The van der Waals surface area contributed by atoms with Crippen LogP contribution in [0.2, 0.25) is 0 Å². The van der Waals surface area contributed by atoms with E-state index in [0.717, 1.165) is 11.1 Å². The quantitative estimate of drug-likeness (QED) is 0.483. The molecular weight excluding hydrogens is 416 g/mol. The normalized spacial score (nSPS) is 18.7. The number of aliphatic imine (C=N–C) groups is 2. The number of amidine groups is 1. The van der Waals surface area contributed by atoms with Crippen LogP contribution in [0, 0.1) is 5.41 Å². The maximum absolute atomic E-state index is 12.9. The summed E-state index contributed by atoms with van der Waals surface area (Å²) in [5.41, 5.74) is 9.82. The summed E-state index contributed by atoms with van der Waals surface area (Å²) in [6, 6.07) is 17.2. The molecule has 2 heterocycles. The maximum atomic E-state index is 12.9. The van der Waals surface area contributed by atoms with Gasteiger partial charge in [0.2, 0.25) is 6.17 Å². The summed E-state index contributed by atoms with van der Waals surface area (Å²) in [6.07, 6.45) is 1.78. The first-order valence-electron chi connectivity index (χ1n) is 11.1. The number of morpholine rings is 1. The minimum atomic E-state index is -1.05. The first-order chi connectivity index (χ1) is 16.2. The maximum Gasteiger partial charge on any atom is 0.271 e. The molecule has 172 valence electrons. The number of amides is 1. The second kappa shape index (κ2) is 11.7. The Morgan fingerprint density at radius 1 is 1.15 bits per heavy atom. The lowest BCUT2D eigenvalue weighted by Crippen LogP contribution is -2.36. The van der Waals surface area contributed by atoms with Gasteiger partial charge in [0.1, 0.15) is 5.84 Å². The van der Waals surface area contributed by atoms with Crippen LogP contribution in [-0.2, 0) is 9.53 Å². The highest BCUT2D eigenvalue weighted by atomic mass is 16.5. The average molecular weight is 447 g/mol. The molecule has 1 unspecified atom stereocenters. The van der Waals surface area contributed by atoms with Crippen molar-refractivity contribution >= 4 is 29.4 Å². The zero-order valence-corrected chi connectivity index (χ0v) is 19.0. The molecule has 0 saturated carbocycles. The molecule has 33 heavy (non-hydrogen) atoms. The van der Waals surface area contributed by atoms with Crippen molar-refractivity contribution in [1.29, 1.82) is 5.41 Å². The summed E-state index contributed by atoms with van der Waals surface area (Å²) >= 11 is 0. The van der Waals surface area contributed by atoms with Gasteiger partial charge in [-0.15, -0.1) is 0 Å². The lowest BCUT2D eigenvalue weighted by molar-refractivity contribution is -0.117. The van der Waals surface area contributed by atoms with E-state index < -0.39 is 6.17 Å². The van der Waals surface area contributed by atoms with Gasteiger partial charge in [0.05, 0.1) is 30.3 Å². The second-order valence-corrected chi connectivity index (χ2v) is 7.12. The number of nitrogens with one attached hydrogen (secondary N) is 2. The fourth-order valence-electron chi connectivity index (χ4n) is 3.54. The van der Waals surface area contributed by atoms with Crippen LogP contribution in [0.3, 0.4) is 0 Å². The summed E-state index contributed by atoms with van der Waals surface area (Å²) in [7, 11) is 0. The van der Waals surface area contributed by atoms with Crippen molar-refractivity contribution < 1.29 is 9.53 Å². The highest BCUT2D eigenvalue weighted by Crippen LogP contribution is 2.24. The van der Waals surface area contributed by atoms with E-state index >= 15 is 0 Å². The zero-order chi connectivity index (χ0) is 23.6. The number of carbonyl (C=O) groups excluding carboxylic acids is 1. The Morgan fingerprint density at radius 2 is 1.82 bits per heavy atom. The van der Waals surface area contributed by atoms with Crippen LogP contribution in [0.5, 0.6) is 0 Å². The molecule has 0 bridgehead atoms. The van der Waals surface area contributed by atoms with E-state index in [-0.39, 0.29) is 11.7 Å². The van der Waals surface area contributed by atoms with Crippen LogP contribution in [-0.4, -0.2) is 61.0 Å². The first-order valence-corrected chi connectivity index (χ1v) is 11.1. The lowest BCUT2D eigenvalue weighted by atomic mass is 10.0. The number of hydrogen-bond donors (Lipinski definition) is 3. The van der Waals surface area contributed by atoms with Crippen molar-refractivity contribution in [2.45, 2.75) is 20.0 Å². The van der Waals surface area contributed by atoms with E-state index in [0.29, 0.717) is 43.4 Å². The number of para-hydroxylation sites is 1. The third-order valence-electron chi connectivity index (χ3n) is 5.06. The molecule has 2 aliphatic rings. The van der Waals surface area contributed by atoms with Gasteiger partial charge in [-0.1, -0.05) is 62.4 Å². The van der Waals surface area contributed by atoms with Crippen LogP contribution in [0.4, 0.5) is 5.69 Å². The van der Waals surface area contributed by atoms with E-state index in [1.54, 1.807) is 6.08 Å². The number of nitrogens with two attached hydrogens (primary N) is 1. The highest BCUT2D eigenvalue weighted by Gasteiger charge is 2.25. The molecule has 1 amide bonds. The highest BCUT2D eigenvalue weighted by molar-refractivity contribution is 6.19. The summed E-state index contributed by atoms with van der Waals surface area (Å²) in [4.78, 5) is 23.9. The largest absolute Gasteiger partial charge is 0.384 e.